The van der Waals surface area contributed by atoms with Crippen LogP contribution in [0.3, 0.4) is 0 Å². The maximum Gasteiger partial charge on any atom is 0.281 e. The highest BCUT2D eigenvalue weighted by Gasteiger charge is 2.48. The van der Waals surface area contributed by atoms with Crippen molar-refractivity contribution in [2.24, 2.45) is 11.8 Å². The van der Waals surface area contributed by atoms with Crippen molar-refractivity contribution in [1.82, 2.24) is 14.7 Å². The van der Waals surface area contributed by atoms with Crippen LogP contribution in [0.5, 0.6) is 5.75 Å². The van der Waals surface area contributed by atoms with Gasteiger partial charge < -0.3 is 15.4 Å². The van der Waals surface area contributed by atoms with Gasteiger partial charge in [0.2, 0.25) is 0 Å². The van der Waals surface area contributed by atoms with Crippen molar-refractivity contribution in [2.75, 3.05) is 23.8 Å². The van der Waals surface area contributed by atoms with E-state index in [2.05, 4.69) is 9.71 Å². The molecule has 0 spiro atoms. The minimum absolute atomic E-state index is 0.0192. The highest BCUT2D eigenvalue weighted by molar-refractivity contribution is 7.90. The number of nitrogens with one attached hydrogen (secondary N) is 1. The van der Waals surface area contributed by atoms with Gasteiger partial charge in [0.15, 0.2) is 5.03 Å². The van der Waals surface area contributed by atoms with E-state index >= 15 is 0 Å². The van der Waals surface area contributed by atoms with Crippen LogP contribution in [0.1, 0.15) is 37.0 Å². The Kier molecular flexibility index (Phi) is 6.49. The number of amides is 1. The molecule has 2 aliphatic rings. The minimum atomic E-state index is -4.26. The summed E-state index contributed by atoms with van der Waals surface area (Å²) in [5.74, 6) is 0.281. The van der Waals surface area contributed by atoms with Crippen molar-refractivity contribution in [3.8, 4) is 17.0 Å². The zero-order valence-electron chi connectivity index (χ0n) is 20.5. The first-order chi connectivity index (χ1) is 17.6. The molecule has 11 heteroatoms. The molecular formula is C26H28FN5O4S. The lowest BCUT2D eigenvalue weighted by Crippen LogP contribution is -2.34. The van der Waals surface area contributed by atoms with E-state index in [1.54, 1.807) is 12.1 Å². The molecule has 9 nitrogen and oxygen atoms in total. The fraction of sp³-hybridized carbons (Fsp3) is 0.346. The second-order valence-corrected chi connectivity index (χ2v) is 11.5. The van der Waals surface area contributed by atoms with Gasteiger partial charge >= 0.3 is 0 Å². The molecule has 2 aromatic heterocycles. The fourth-order valence-corrected chi connectivity index (χ4v) is 5.47. The number of rotatable bonds is 8. The van der Waals surface area contributed by atoms with E-state index in [1.807, 2.05) is 18.7 Å². The van der Waals surface area contributed by atoms with E-state index in [-0.39, 0.29) is 28.4 Å². The predicted molar refractivity (Wildman–Crippen MR) is 137 cm³/mol. The Morgan fingerprint density at radius 2 is 2.03 bits per heavy atom. The number of carbonyl (C=O) groups excluding carboxylic acids is 1. The molecule has 0 bridgehead atoms. The number of pyridine rings is 2. The standard InChI is InChI=1S/C26H28FN5O4S/c1-15(2)14-36-19-11-17(10-18(27)13-19)21-7-6-20(25(29-21)32-9-8-16-12-22(16)32)26(33)31-37(34,35)24-5-3-4-23(28)30-24/h3-7,10-11,13,15-16,22H,8-9,12,14H2,1-2H3,(H2,28,30)(H,31,33). The van der Waals surface area contributed by atoms with Crippen LogP contribution >= 0.6 is 0 Å². The van der Waals surface area contributed by atoms with Crippen LogP contribution in [-0.2, 0) is 10.0 Å². The van der Waals surface area contributed by atoms with Crippen LogP contribution in [0.2, 0.25) is 0 Å². The lowest BCUT2D eigenvalue weighted by atomic mass is 10.1. The number of hydrogen-bond donors (Lipinski definition) is 2. The topological polar surface area (TPSA) is 128 Å². The van der Waals surface area contributed by atoms with Crippen LogP contribution in [0, 0.1) is 17.7 Å². The first-order valence-corrected chi connectivity index (χ1v) is 13.6. The van der Waals surface area contributed by atoms with Crippen LogP contribution in [0.25, 0.3) is 11.3 Å². The summed E-state index contributed by atoms with van der Waals surface area (Å²) in [6.45, 7) is 5.14. The van der Waals surface area contributed by atoms with Crippen molar-refractivity contribution in [3.63, 3.8) is 0 Å². The maximum atomic E-state index is 14.4. The molecule has 1 aliphatic heterocycles. The zero-order chi connectivity index (χ0) is 26.3. The summed E-state index contributed by atoms with van der Waals surface area (Å²) < 4.78 is 47.8. The van der Waals surface area contributed by atoms with Gasteiger partial charge in [0.1, 0.15) is 23.2 Å². The Morgan fingerprint density at radius 1 is 1.22 bits per heavy atom. The van der Waals surface area contributed by atoms with Gasteiger partial charge in [0.25, 0.3) is 15.9 Å². The molecule has 37 heavy (non-hydrogen) atoms. The molecule has 5 rings (SSSR count). The predicted octanol–water partition coefficient (Wildman–Crippen LogP) is 3.62. The average molecular weight is 526 g/mol. The summed E-state index contributed by atoms with van der Waals surface area (Å²) in [6.07, 6.45) is 1.96. The Bertz CT molecular complexity index is 1460. The molecule has 0 radical (unpaired) electrons. The van der Waals surface area contributed by atoms with Crippen molar-refractivity contribution in [1.29, 1.82) is 0 Å². The van der Waals surface area contributed by atoms with Crippen molar-refractivity contribution in [2.45, 2.75) is 37.8 Å². The van der Waals surface area contributed by atoms with Crippen LogP contribution in [-0.4, -0.2) is 43.5 Å². The summed E-state index contributed by atoms with van der Waals surface area (Å²) in [4.78, 5) is 23.8. The van der Waals surface area contributed by atoms with E-state index in [1.165, 1.54) is 36.4 Å². The normalized spacial score (nSPS) is 18.5. The number of sulfonamides is 1. The minimum Gasteiger partial charge on any atom is -0.493 e. The van der Waals surface area contributed by atoms with Gasteiger partial charge in [-0.25, -0.2) is 19.1 Å². The number of carbonyl (C=O) groups is 1. The third kappa shape index (κ3) is 5.36. The average Bonchev–Trinajstić information content (AvgIpc) is 3.51. The maximum absolute atomic E-state index is 14.4. The largest absolute Gasteiger partial charge is 0.493 e. The molecule has 2 atom stereocenters. The Morgan fingerprint density at radius 3 is 2.70 bits per heavy atom. The second kappa shape index (κ2) is 9.62. The molecule has 1 aliphatic carbocycles. The van der Waals surface area contributed by atoms with Crippen molar-refractivity contribution < 1.29 is 22.3 Å². The number of nitrogens with two attached hydrogens (primary N) is 1. The third-order valence-corrected chi connectivity index (χ3v) is 7.65. The van der Waals surface area contributed by atoms with Gasteiger partial charge in [-0.3, -0.25) is 4.79 Å². The van der Waals surface area contributed by atoms with Crippen LogP contribution in [0.15, 0.2) is 53.6 Å². The summed E-state index contributed by atoms with van der Waals surface area (Å²) >= 11 is 0. The first kappa shape index (κ1) is 24.9. The Hall–Kier alpha value is -3.73. The number of nitrogens with zero attached hydrogens (tertiary/aromatic N) is 3. The van der Waals surface area contributed by atoms with E-state index in [0.717, 1.165) is 12.8 Å². The van der Waals surface area contributed by atoms with Crippen molar-refractivity contribution in [3.05, 3.63) is 59.9 Å². The molecule has 2 unspecified atom stereocenters. The van der Waals surface area contributed by atoms with Gasteiger partial charge in [-0.15, -0.1) is 0 Å². The second-order valence-electron chi connectivity index (χ2n) is 9.83. The number of hydrogen-bond acceptors (Lipinski definition) is 8. The fourth-order valence-electron chi connectivity index (χ4n) is 4.53. The SMILES string of the molecule is CC(C)COc1cc(F)cc(-c2ccc(C(=O)NS(=O)(=O)c3cccc(N)n3)c(N3CCC4CC43)n2)c1. The van der Waals surface area contributed by atoms with Gasteiger partial charge in [0.05, 0.1) is 17.9 Å². The number of halogens is 1. The number of piperidine rings is 1. The summed E-state index contributed by atoms with van der Waals surface area (Å²) in [6, 6.07) is 11.9. The zero-order valence-corrected chi connectivity index (χ0v) is 21.3. The lowest BCUT2D eigenvalue weighted by molar-refractivity contribution is 0.0981. The molecule has 194 valence electrons. The van der Waals surface area contributed by atoms with Gasteiger partial charge in [-0.05, 0) is 61.1 Å². The number of fused-ring (bicyclic) bond motifs is 1. The summed E-state index contributed by atoms with van der Waals surface area (Å²) in [5, 5.41) is -0.357. The van der Waals surface area contributed by atoms with Gasteiger partial charge in [0, 0.05) is 24.2 Å². The quantitative estimate of drug-likeness (QED) is 0.457. The molecule has 3 aromatic rings. The number of benzene rings is 1. The molecule has 2 fully saturated rings. The summed E-state index contributed by atoms with van der Waals surface area (Å²) in [5.41, 5.74) is 6.66. The molecule has 1 amide bonds. The number of aromatic nitrogens is 2. The smallest absolute Gasteiger partial charge is 0.281 e. The van der Waals surface area contributed by atoms with Crippen LogP contribution in [0.4, 0.5) is 16.0 Å². The molecule has 1 saturated carbocycles. The molecule has 3 heterocycles. The van der Waals surface area contributed by atoms with Gasteiger partial charge in [-0.1, -0.05) is 19.9 Å². The number of anilines is 2. The van der Waals surface area contributed by atoms with E-state index in [4.69, 9.17) is 15.5 Å². The van der Waals surface area contributed by atoms with E-state index < -0.39 is 21.7 Å². The third-order valence-electron chi connectivity index (χ3n) is 6.42. The highest BCUT2D eigenvalue weighted by Crippen LogP contribution is 2.47. The van der Waals surface area contributed by atoms with Crippen LogP contribution < -0.4 is 20.1 Å². The van der Waals surface area contributed by atoms with E-state index in [9.17, 15) is 17.6 Å². The Balaban J connectivity index is 1.49. The highest BCUT2D eigenvalue weighted by atomic mass is 32.2. The number of ether oxygens (including phenoxy) is 1. The lowest BCUT2D eigenvalue weighted by Gasteiger charge is -2.23. The summed E-state index contributed by atoms with van der Waals surface area (Å²) in [7, 11) is -4.26. The molecule has 1 saturated heterocycles. The Labute approximate surface area is 214 Å². The van der Waals surface area contributed by atoms with Gasteiger partial charge in [-0.2, -0.15) is 8.42 Å². The molecule has 1 aromatic carbocycles. The monoisotopic (exact) mass is 525 g/mol. The molecular weight excluding hydrogens is 497 g/mol. The number of nitrogen functional groups attached to an aromatic ring is 1. The molecule has 3 N–H and O–H groups in total. The van der Waals surface area contributed by atoms with E-state index in [0.29, 0.717) is 41.9 Å². The first-order valence-electron chi connectivity index (χ1n) is 12.1. The van der Waals surface area contributed by atoms with Crippen molar-refractivity contribution >= 4 is 27.6 Å².